The quantitative estimate of drug-likeness (QED) is 0.929. The summed E-state index contributed by atoms with van der Waals surface area (Å²) in [5.41, 5.74) is 4.08. The number of hydrogen-bond donors (Lipinski definition) is 1. The Morgan fingerprint density at radius 3 is 2.62 bits per heavy atom. The molecule has 0 bridgehead atoms. The maximum Gasteiger partial charge on any atom is 0.258 e. The zero-order valence-corrected chi connectivity index (χ0v) is 12.5. The molecule has 1 amide bonds. The van der Waals surface area contributed by atoms with Gasteiger partial charge in [0.15, 0.2) is 0 Å². The summed E-state index contributed by atoms with van der Waals surface area (Å²) in [4.78, 5) is 14.7. The lowest BCUT2D eigenvalue weighted by molar-refractivity contribution is 0.0981. The van der Waals surface area contributed by atoms with Gasteiger partial charge in [0.2, 0.25) is 0 Å². The third kappa shape index (κ3) is 2.51. The highest BCUT2D eigenvalue weighted by atomic mass is 16.2. The van der Waals surface area contributed by atoms with E-state index in [0.29, 0.717) is 0 Å². The van der Waals surface area contributed by atoms with E-state index in [1.54, 1.807) is 0 Å². The molecule has 2 aromatic carbocycles. The topological polar surface area (TPSA) is 32.3 Å². The van der Waals surface area contributed by atoms with Crippen molar-refractivity contribution in [2.45, 2.75) is 26.3 Å². The normalized spacial score (nSPS) is 16.7. The van der Waals surface area contributed by atoms with Gasteiger partial charge < -0.3 is 10.2 Å². The van der Waals surface area contributed by atoms with Gasteiger partial charge >= 0.3 is 0 Å². The second kappa shape index (κ2) is 5.60. The number of anilines is 2. The summed E-state index contributed by atoms with van der Waals surface area (Å²) in [6.07, 6.45) is 0.928. The molecular weight excluding hydrogens is 260 g/mol. The molecule has 1 aliphatic heterocycles. The molecule has 1 unspecified atom stereocenters. The van der Waals surface area contributed by atoms with E-state index in [0.717, 1.165) is 29.9 Å². The van der Waals surface area contributed by atoms with E-state index in [4.69, 9.17) is 0 Å². The van der Waals surface area contributed by atoms with Crippen LogP contribution in [0.25, 0.3) is 0 Å². The minimum Gasteiger partial charge on any atom is -0.385 e. The fourth-order valence-electron chi connectivity index (χ4n) is 2.95. The average Bonchev–Trinajstić information content (AvgIpc) is 2.83. The lowest BCUT2D eigenvalue weighted by Gasteiger charge is -2.23. The summed E-state index contributed by atoms with van der Waals surface area (Å²) in [6, 6.07) is 16.1. The monoisotopic (exact) mass is 280 g/mol. The predicted octanol–water partition coefficient (Wildman–Crippen LogP) is 3.71. The maximum atomic E-state index is 12.8. The number of fused-ring (bicyclic) bond motifs is 1. The van der Waals surface area contributed by atoms with Crippen LogP contribution in [0.2, 0.25) is 0 Å². The molecule has 2 aromatic rings. The fraction of sp³-hybridized carbons (Fsp3) is 0.278. The van der Waals surface area contributed by atoms with Gasteiger partial charge in [-0.25, -0.2) is 0 Å². The fourth-order valence-corrected chi connectivity index (χ4v) is 2.95. The van der Waals surface area contributed by atoms with Gasteiger partial charge in [-0.3, -0.25) is 4.79 Å². The molecule has 1 aliphatic rings. The Kier molecular flexibility index (Phi) is 3.65. The van der Waals surface area contributed by atoms with Gasteiger partial charge in [0.25, 0.3) is 5.91 Å². The number of carbonyl (C=O) groups is 1. The molecule has 0 saturated heterocycles. The molecule has 1 heterocycles. The summed E-state index contributed by atoms with van der Waals surface area (Å²) in [7, 11) is 0. The smallest absolute Gasteiger partial charge is 0.258 e. The van der Waals surface area contributed by atoms with Gasteiger partial charge in [0.1, 0.15) is 0 Å². The van der Waals surface area contributed by atoms with Crippen LogP contribution in [-0.2, 0) is 6.42 Å². The molecule has 0 aromatic heterocycles. The van der Waals surface area contributed by atoms with E-state index in [9.17, 15) is 4.79 Å². The molecule has 0 fully saturated rings. The van der Waals surface area contributed by atoms with Gasteiger partial charge in [-0.1, -0.05) is 18.2 Å². The van der Waals surface area contributed by atoms with Crippen molar-refractivity contribution in [3.63, 3.8) is 0 Å². The third-order valence-corrected chi connectivity index (χ3v) is 3.94. The molecule has 3 heteroatoms. The Bertz CT molecular complexity index is 649. The SMILES string of the molecule is CCNc1ccc(C(=O)N2c3ccccc3CC2C)cc1. The minimum absolute atomic E-state index is 0.0792. The first-order chi connectivity index (χ1) is 10.2. The summed E-state index contributed by atoms with van der Waals surface area (Å²) >= 11 is 0. The zero-order valence-electron chi connectivity index (χ0n) is 12.5. The first kappa shape index (κ1) is 13.7. The number of benzene rings is 2. The Morgan fingerprint density at radius 2 is 1.90 bits per heavy atom. The van der Waals surface area contributed by atoms with Crippen molar-refractivity contribution in [2.24, 2.45) is 0 Å². The van der Waals surface area contributed by atoms with Crippen LogP contribution in [0.4, 0.5) is 11.4 Å². The molecule has 1 atom stereocenters. The predicted molar refractivity (Wildman–Crippen MR) is 87.0 cm³/mol. The molecule has 1 N–H and O–H groups in total. The highest BCUT2D eigenvalue weighted by molar-refractivity contribution is 6.07. The molecule has 3 nitrogen and oxygen atoms in total. The van der Waals surface area contributed by atoms with Gasteiger partial charge in [-0.15, -0.1) is 0 Å². The van der Waals surface area contributed by atoms with Crippen LogP contribution in [-0.4, -0.2) is 18.5 Å². The number of para-hydroxylation sites is 1. The third-order valence-electron chi connectivity index (χ3n) is 3.94. The Labute approximate surface area is 125 Å². The Morgan fingerprint density at radius 1 is 1.19 bits per heavy atom. The molecule has 0 spiro atoms. The highest BCUT2D eigenvalue weighted by Gasteiger charge is 2.30. The number of hydrogen-bond acceptors (Lipinski definition) is 2. The van der Waals surface area contributed by atoms with Crippen LogP contribution in [0.3, 0.4) is 0 Å². The van der Waals surface area contributed by atoms with Crippen molar-refractivity contribution in [1.29, 1.82) is 0 Å². The molecule has 108 valence electrons. The average molecular weight is 280 g/mol. The number of nitrogens with one attached hydrogen (secondary N) is 1. The van der Waals surface area contributed by atoms with Crippen LogP contribution < -0.4 is 10.2 Å². The van der Waals surface area contributed by atoms with Crippen LogP contribution in [0.5, 0.6) is 0 Å². The van der Waals surface area contributed by atoms with E-state index < -0.39 is 0 Å². The van der Waals surface area contributed by atoms with E-state index in [1.807, 2.05) is 47.4 Å². The van der Waals surface area contributed by atoms with E-state index >= 15 is 0 Å². The summed E-state index contributed by atoms with van der Waals surface area (Å²) < 4.78 is 0. The number of carbonyl (C=O) groups excluding carboxylic acids is 1. The lowest BCUT2D eigenvalue weighted by atomic mass is 10.1. The molecule has 0 saturated carbocycles. The number of nitrogens with zero attached hydrogens (tertiary/aromatic N) is 1. The number of rotatable bonds is 3. The summed E-state index contributed by atoms with van der Waals surface area (Å²) in [5, 5.41) is 3.24. The second-order valence-electron chi connectivity index (χ2n) is 5.46. The summed E-state index contributed by atoms with van der Waals surface area (Å²) in [6.45, 7) is 5.04. The molecule has 3 rings (SSSR count). The van der Waals surface area contributed by atoms with Gasteiger partial charge in [-0.2, -0.15) is 0 Å². The first-order valence-electron chi connectivity index (χ1n) is 7.46. The van der Waals surface area contributed by atoms with Crippen molar-refractivity contribution in [2.75, 3.05) is 16.8 Å². The van der Waals surface area contributed by atoms with E-state index in [2.05, 4.69) is 25.2 Å². The van der Waals surface area contributed by atoms with Crippen LogP contribution in [0.15, 0.2) is 48.5 Å². The number of amides is 1. The molecule has 0 radical (unpaired) electrons. The molecular formula is C18H20N2O. The largest absolute Gasteiger partial charge is 0.385 e. The van der Waals surface area contributed by atoms with Gasteiger partial charge in [0.05, 0.1) is 0 Å². The lowest BCUT2D eigenvalue weighted by Crippen LogP contribution is -2.35. The van der Waals surface area contributed by atoms with Crippen LogP contribution in [0, 0.1) is 0 Å². The van der Waals surface area contributed by atoms with Crippen molar-refractivity contribution in [1.82, 2.24) is 0 Å². The van der Waals surface area contributed by atoms with Gasteiger partial charge in [0, 0.05) is 29.5 Å². The Hall–Kier alpha value is -2.29. The van der Waals surface area contributed by atoms with Crippen LogP contribution in [0.1, 0.15) is 29.8 Å². The van der Waals surface area contributed by atoms with Crippen molar-refractivity contribution >= 4 is 17.3 Å². The molecule has 21 heavy (non-hydrogen) atoms. The minimum atomic E-state index is 0.0792. The first-order valence-corrected chi connectivity index (χ1v) is 7.46. The van der Waals surface area contributed by atoms with Crippen LogP contribution >= 0.6 is 0 Å². The molecule has 0 aliphatic carbocycles. The van der Waals surface area contributed by atoms with Crippen molar-refractivity contribution in [3.8, 4) is 0 Å². The Balaban J connectivity index is 1.88. The zero-order chi connectivity index (χ0) is 14.8. The van der Waals surface area contributed by atoms with Crippen molar-refractivity contribution in [3.05, 3.63) is 59.7 Å². The highest BCUT2D eigenvalue weighted by Crippen LogP contribution is 2.33. The summed E-state index contributed by atoms with van der Waals surface area (Å²) in [5.74, 6) is 0.0792. The van der Waals surface area contributed by atoms with E-state index in [-0.39, 0.29) is 11.9 Å². The van der Waals surface area contributed by atoms with Crippen molar-refractivity contribution < 1.29 is 4.79 Å². The second-order valence-corrected chi connectivity index (χ2v) is 5.46. The van der Waals surface area contributed by atoms with E-state index in [1.165, 1.54) is 5.56 Å². The standard InChI is InChI=1S/C18H20N2O/c1-3-19-16-10-8-14(9-11-16)18(21)20-13(2)12-15-6-4-5-7-17(15)20/h4-11,13,19H,3,12H2,1-2H3. The maximum absolute atomic E-state index is 12.8. The van der Waals surface area contributed by atoms with Gasteiger partial charge in [-0.05, 0) is 56.2 Å².